The molecule has 3 N–H and O–H groups in total. The SMILES string of the molecule is CC(=O)N1CCN(c2cc(NC(=O)Nc3ccc4[nH]c(C)c(C)c4c3)nc(N3CCOCC3)n2)CC1. The Morgan fingerprint density at radius 3 is 2.42 bits per heavy atom. The molecule has 3 aromatic rings. The summed E-state index contributed by atoms with van der Waals surface area (Å²) in [4.78, 5) is 43.4. The van der Waals surface area contributed by atoms with E-state index < -0.39 is 0 Å². The lowest BCUT2D eigenvalue weighted by atomic mass is 10.1. The number of ether oxygens (including phenoxy) is 1. The highest BCUT2D eigenvalue weighted by Crippen LogP contribution is 2.26. The maximum absolute atomic E-state index is 12.9. The minimum Gasteiger partial charge on any atom is -0.378 e. The van der Waals surface area contributed by atoms with Gasteiger partial charge in [-0.2, -0.15) is 9.97 Å². The number of H-pyrrole nitrogens is 1. The van der Waals surface area contributed by atoms with Gasteiger partial charge in [0, 0.05) is 74.5 Å². The number of benzene rings is 1. The third kappa shape index (κ3) is 5.06. The predicted octanol–water partition coefficient (Wildman–Crippen LogP) is 2.72. The molecule has 0 bridgehead atoms. The van der Waals surface area contributed by atoms with Crippen LogP contribution in [0.2, 0.25) is 0 Å². The number of nitrogens with zero attached hydrogens (tertiary/aromatic N) is 5. The Balaban J connectivity index is 1.35. The molecule has 2 aliphatic heterocycles. The number of anilines is 4. The summed E-state index contributed by atoms with van der Waals surface area (Å²) in [6, 6.07) is 7.21. The fourth-order valence-corrected chi connectivity index (χ4v) is 4.62. The van der Waals surface area contributed by atoms with Gasteiger partial charge in [-0.1, -0.05) is 0 Å². The second-order valence-electron chi connectivity index (χ2n) is 9.22. The van der Waals surface area contributed by atoms with Crippen LogP contribution >= 0.6 is 0 Å². The Morgan fingerprint density at radius 2 is 1.69 bits per heavy atom. The number of hydrogen-bond donors (Lipinski definition) is 3. The number of carbonyl (C=O) groups is 2. The van der Waals surface area contributed by atoms with E-state index in [0.717, 1.165) is 28.0 Å². The summed E-state index contributed by atoms with van der Waals surface area (Å²) in [6.45, 7) is 10.9. The van der Waals surface area contributed by atoms with Crippen LogP contribution in [-0.4, -0.2) is 84.3 Å². The van der Waals surface area contributed by atoms with Gasteiger partial charge in [-0.25, -0.2) is 4.79 Å². The Hall–Kier alpha value is -3.86. The standard InChI is InChI=1S/C25H32N8O3/c1-16-17(2)26-21-5-4-19(14-20(16)21)27-25(35)29-22-15-23(32-8-6-31(7-9-32)18(3)34)30-24(28-22)33-10-12-36-13-11-33/h4-5,14-15,26H,6-13H2,1-3H3,(H2,27,28,29,30,35). The summed E-state index contributed by atoms with van der Waals surface area (Å²) in [6.07, 6.45) is 0. The lowest BCUT2D eigenvalue weighted by Crippen LogP contribution is -2.48. The van der Waals surface area contributed by atoms with Crippen LogP contribution in [0.15, 0.2) is 24.3 Å². The zero-order valence-corrected chi connectivity index (χ0v) is 20.9. The van der Waals surface area contributed by atoms with E-state index in [0.29, 0.717) is 69.9 Å². The molecule has 0 aliphatic carbocycles. The first-order valence-corrected chi connectivity index (χ1v) is 12.3. The number of hydrogen-bond acceptors (Lipinski definition) is 7. The number of aromatic nitrogens is 3. The number of morpholine rings is 1. The van der Waals surface area contributed by atoms with Crippen LogP contribution in [0.1, 0.15) is 18.2 Å². The monoisotopic (exact) mass is 492 g/mol. The molecule has 2 aliphatic rings. The van der Waals surface area contributed by atoms with E-state index in [2.05, 4.69) is 37.3 Å². The number of nitrogens with one attached hydrogen (secondary N) is 3. The first kappa shape index (κ1) is 23.9. The molecule has 11 nitrogen and oxygen atoms in total. The van der Waals surface area contributed by atoms with Gasteiger partial charge in [-0.05, 0) is 37.6 Å². The smallest absolute Gasteiger partial charge is 0.324 e. The Labute approximate surface area is 209 Å². The van der Waals surface area contributed by atoms with E-state index in [1.54, 1.807) is 13.0 Å². The van der Waals surface area contributed by atoms with Crippen LogP contribution in [0.3, 0.4) is 0 Å². The highest BCUT2D eigenvalue weighted by molar-refractivity contribution is 6.01. The third-order valence-corrected chi connectivity index (χ3v) is 6.85. The zero-order valence-electron chi connectivity index (χ0n) is 20.9. The number of amides is 3. The number of aromatic amines is 1. The molecule has 0 unspecified atom stereocenters. The van der Waals surface area contributed by atoms with Crippen molar-refractivity contribution in [2.24, 2.45) is 0 Å². The van der Waals surface area contributed by atoms with E-state index in [4.69, 9.17) is 9.72 Å². The molecule has 0 saturated carbocycles. The number of rotatable bonds is 4. The average Bonchev–Trinajstić information content (AvgIpc) is 3.17. The van der Waals surface area contributed by atoms with Gasteiger partial charge in [-0.15, -0.1) is 0 Å². The molecule has 0 atom stereocenters. The molecule has 1 aromatic carbocycles. The van der Waals surface area contributed by atoms with Crippen molar-refractivity contribution in [3.8, 4) is 0 Å². The zero-order chi connectivity index (χ0) is 25.2. The first-order chi connectivity index (χ1) is 17.4. The van der Waals surface area contributed by atoms with E-state index >= 15 is 0 Å². The van der Waals surface area contributed by atoms with Crippen molar-refractivity contribution in [1.82, 2.24) is 19.9 Å². The van der Waals surface area contributed by atoms with Crippen molar-refractivity contribution in [2.45, 2.75) is 20.8 Å². The molecule has 0 spiro atoms. The molecular formula is C25H32N8O3. The van der Waals surface area contributed by atoms with Gasteiger partial charge >= 0.3 is 6.03 Å². The molecule has 2 aromatic heterocycles. The number of urea groups is 1. The van der Waals surface area contributed by atoms with Crippen LogP contribution in [0, 0.1) is 13.8 Å². The molecule has 36 heavy (non-hydrogen) atoms. The van der Waals surface area contributed by atoms with Gasteiger partial charge in [0.15, 0.2) is 0 Å². The van der Waals surface area contributed by atoms with Crippen LogP contribution in [-0.2, 0) is 9.53 Å². The Kier molecular flexibility index (Phi) is 6.64. The lowest BCUT2D eigenvalue weighted by molar-refractivity contribution is -0.129. The van der Waals surface area contributed by atoms with Gasteiger partial charge in [0.25, 0.3) is 0 Å². The molecule has 2 fully saturated rings. The number of aryl methyl sites for hydroxylation is 2. The molecule has 190 valence electrons. The van der Waals surface area contributed by atoms with Gasteiger partial charge in [0.05, 0.1) is 13.2 Å². The molecule has 4 heterocycles. The lowest BCUT2D eigenvalue weighted by Gasteiger charge is -2.35. The fraction of sp³-hybridized carbons (Fsp3) is 0.440. The molecule has 11 heteroatoms. The Morgan fingerprint density at radius 1 is 0.944 bits per heavy atom. The minimum atomic E-state index is -0.377. The Bertz CT molecular complexity index is 1280. The molecule has 3 amide bonds. The second-order valence-corrected chi connectivity index (χ2v) is 9.22. The van der Waals surface area contributed by atoms with E-state index in [-0.39, 0.29) is 11.9 Å². The summed E-state index contributed by atoms with van der Waals surface area (Å²) in [7, 11) is 0. The molecule has 0 radical (unpaired) electrons. The van der Waals surface area contributed by atoms with Gasteiger partial charge < -0.3 is 29.7 Å². The fourth-order valence-electron chi connectivity index (χ4n) is 4.62. The van der Waals surface area contributed by atoms with Crippen LogP contribution < -0.4 is 20.4 Å². The highest BCUT2D eigenvalue weighted by Gasteiger charge is 2.23. The summed E-state index contributed by atoms with van der Waals surface area (Å²) in [5.41, 5.74) is 4.01. The van der Waals surface area contributed by atoms with Crippen LogP contribution in [0.5, 0.6) is 0 Å². The van der Waals surface area contributed by atoms with Crippen molar-refractivity contribution < 1.29 is 14.3 Å². The van der Waals surface area contributed by atoms with Gasteiger partial charge in [-0.3, -0.25) is 10.1 Å². The number of piperazine rings is 1. The first-order valence-electron chi connectivity index (χ1n) is 12.3. The predicted molar refractivity (Wildman–Crippen MR) is 140 cm³/mol. The summed E-state index contributed by atoms with van der Waals surface area (Å²) in [5.74, 6) is 1.78. The van der Waals surface area contributed by atoms with Crippen LogP contribution in [0.4, 0.5) is 28.1 Å². The van der Waals surface area contributed by atoms with Crippen molar-refractivity contribution in [1.29, 1.82) is 0 Å². The van der Waals surface area contributed by atoms with Gasteiger partial charge in [0.1, 0.15) is 11.6 Å². The summed E-state index contributed by atoms with van der Waals surface area (Å²) in [5, 5.41) is 6.88. The maximum Gasteiger partial charge on any atom is 0.324 e. The average molecular weight is 493 g/mol. The van der Waals surface area contributed by atoms with Crippen LogP contribution in [0.25, 0.3) is 10.9 Å². The summed E-state index contributed by atoms with van der Waals surface area (Å²) >= 11 is 0. The quantitative estimate of drug-likeness (QED) is 0.512. The maximum atomic E-state index is 12.9. The number of carbonyl (C=O) groups excluding carboxylic acids is 2. The third-order valence-electron chi connectivity index (χ3n) is 6.85. The molecule has 5 rings (SSSR count). The van der Waals surface area contributed by atoms with Crippen molar-refractivity contribution in [3.63, 3.8) is 0 Å². The minimum absolute atomic E-state index is 0.0774. The number of fused-ring (bicyclic) bond motifs is 1. The second kappa shape index (κ2) is 10.0. The van der Waals surface area contributed by atoms with E-state index in [1.807, 2.05) is 30.0 Å². The largest absolute Gasteiger partial charge is 0.378 e. The topological polar surface area (TPSA) is 119 Å². The van der Waals surface area contributed by atoms with Crippen molar-refractivity contribution >= 4 is 46.1 Å². The van der Waals surface area contributed by atoms with Crippen molar-refractivity contribution in [3.05, 3.63) is 35.5 Å². The summed E-state index contributed by atoms with van der Waals surface area (Å²) < 4.78 is 5.48. The van der Waals surface area contributed by atoms with E-state index in [1.165, 1.54) is 0 Å². The van der Waals surface area contributed by atoms with Gasteiger partial charge in [0.2, 0.25) is 11.9 Å². The normalized spacial score (nSPS) is 16.4. The molecular weight excluding hydrogens is 460 g/mol. The van der Waals surface area contributed by atoms with E-state index in [9.17, 15) is 9.59 Å². The van der Waals surface area contributed by atoms with Crippen molar-refractivity contribution in [2.75, 3.05) is 72.9 Å². The molecule has 2 saturated heterocycles. The highest BCUT2D eigenvalue weighted by atomic mass is 16.5.